The molecule has 1 aliphatic rings. The molecule has 4 heteroatoms. The summed E-state index contributed by atoms with van der Waals surface area (Å²) in [6, 6.07) is 0. The third-order valence-corrected chi connectivity index (χ3v) is 2.61. The number of methoxy groups -OCH3 is 2. The highest BCUT2D eigenvalue weighted by Gasteiger charge is 2.50. The Hall–Kier alpha value is -1.32. The summed E-state index contributed by atoms with van der Waals surface area (Å²) < 4.78 is 24.6. The average molecular weight is 214 g/mol. The van der Waals surface area contributed by atoms with Crippen LogP contribution in [-0.4, -0.2) is 26.2 Å². The summed E-state index contributed by atoms with van der Waals surface area (Å²) in [4.78, 5) is 23.5. The zero-order valence-electron chi connectivity index (χ0n) is 11.1. The zero-order chi connectivity index (χ0) is 13.3. The van der Waals surface area contributed by atoms with Crippen LogP contribution in [0.4, 0.5) is 0 Å². The first-order valence-corrected chi connectivity index (χ1v) is 4.52. The van der Waals surface area contributed by atoms with E-state index >= 15 is 0 Å². The van der Waals surface area contributed by atoms with Crippen LogP contribution in [0.5, 0.6) is 0 Å². The van der Waals surface area contributed by atoms with Crippen molar-refractivity contribution in [1.82, 2.24) is 0 Å². The van der Waals surface area contributed by atoms with Crippen molar-refractivity contribution in [2.24, 2.45) is 11.3 Å². The van der Waals surface area contributed by atoms with Gasteiger partial charge < -0.3 is 9.47 Å². The van der Waals surface area contributed by atoms with Gasteiger partial charge in [0, 0.05) is 2.74 Å². The van der Waals surface area contributed by atoms with Gasteiger partial charge in [-0.05, 0) is 19.2 Å². The monoisotopic (exact) mass is 214 g/mol. The van der Waals surface area contributed by atoms with Crippen LogP contribution in [0.15, 0.2) is 11.6 Å². The van der Waals surface area contributed by atoms with Crippen LogP contribution >= 0.6 is 0 Å². The molecule has 0 spiro atoms. The van der Waals surface area contributed by atoms with Crippen molar-refractivity contribution in [3.8, 4) is 0 Å². The van der Waals surface area contributed by atoms with Crippen LogP contribution in [0.3, 0.4) is 0 Å². The van der Waals surface area contributed by atoms with Gasteiger partial charge >= 0.3 is 11.9 Å². The first-order valence-electron chi connectivity index (χ1n) is 5.73. The molecule has 0 N–H and O–H groups in total. The van der Waals surface area contributed by atoms with Gasteiger partial charge in [-0.3, -0.25) is 9.59 Å². The number of carbonyl (C=O) groups is 2. The Labute approximate surface area is 92.1 Å². The van der Waals surface area contributed by atoms with Crippen molar-refractivity contribution >= 4 is 11.9 Å². The molecule has 1 atom stereocenters. The van der Waals surface area contributed by atoms with E-state index in [4.69, 9.17) is 2.74 Å². The second-order valence-corrected chi connectivity index (χ2v) is 3.58. The number of carbonyl (C=O) groups excluding carboxylic acids is 2. The summed E-state index contributed by atoms with van der Waals surface area (Å²) in [6.07, 6.45) is 1.30. The minimum atomic E-state index is -1.57. The van der Waals surface area contributed by atoms with Gasteiger partial charge in [0.05, 0.1) is 14.2 Å². The third-order valence-electron chi connectivity index (χ3n) is 2.61. The first kappa shape index (κ1) is 8.95. The molecule has 1 unspecified atom stereocenters. The van der Waals surface area contributed by atoms with Crippen LogP contribution in [0.2, 0.25) is 0 Å². The molecular formula is C11H16O4. The van der Waals surface area contributed by atoms with Crippen molar-refractivity contribution in [2.75, 3.05) is 14.2 Å². The lowest BCUT2D eigenvalue weighted by atomic mass is 9.85. The highest BCUT2D eigenvalue weighted by molar-refractivity contribution is 6.03. The average Bonchev–Trinajstić information content (AvgIpc) is 2.59. The van der Waals surface area contributed by atoms with Gasteiger partial charge in [-0.15, -0.1) is 0 Å². The molecule has 0 bridgehead atoms. The maximum absolute atomic E-state index is 11.8. The van der Waals surface area contributed by atoms with Crippen molar-refractivity contribution in [2.45, 2.75) is 20.2 Å². The number of hydrogen-bond donors (Lipinski definition) is 0. The normalized spacial score (nSPS) is 29.9. The fraction of sp³-hybridized carbons (Fsp3) is 0.636. The van der Waals surface area contributed by atoms with Crippen LogP contribution in [-0.2, 0) is 19.1 Å². The van der Waals surface area contributed by atoms with Crippen LogP contribution < -0.4 is 0 Å². The van der Waals surface area contributed by atoms with Gasteiger partial charge in [-0.25, -0.2) is 0 Å². The molecule has 0 radical (unpaired) electrons. The fourth-order valence-corrected chi connectivity index (χ4v) is 1.71. The third kappa shape index (κ3) is 1.76. The largest absolute Gasteiger partial charge is 0.468 e. The van der Waals surface area contributed by atoms with Gasteiger partial charge in [0.15, 0.2) is 5.41 Å². The maximum Gasteiger partial charge on any atom is 0.327 e. The van der Waals surface area contributed by atoms with Gasteiger partial charge in [0.25, 0.3) is 0 Å². The van der Waals surface area contributed by atoms with E-state index in [1.165, 1.54) is 20.3 Å². The minimum absolute atomic E-state index is 0.0481. The van der Waals surface area contributed by atoms with Crippen LogP contribution in [0.1, 0.15) is 23.0 Å². The topological polar surface area (TPSA) is 52.6 Å². The molecule has 0 heterocycles. The van der Waals surface area contributed by atoms with Gasteiger partial charge in [-0.2, -0.15) is 0 Å². The lowest BCUT2D eigenvalue weighted by Gasteiger charge is -2.21. The van der Waals surface area contributed by atoms with Crippen molar-refractivity contribution in [3.63, 3.8) is 0 Å². The van der Waals surface area contributed by atoms with Crippen molar-refractivity contribution in [1.29, 1.82) is 0 Å². The van der Waals surface area contributed by atoms with Crippen molar-refractivity contribution in [3.05, 3.63) is 11.6 Å². The smallest absolute Gasteiger partial charge is 0.327 e. The van der Waals surface area contributed by atoms with Crippen molar-refractivity contribution < 1.29 is 21.8 Å². The molecule has 0 fully saturated rings. The molecule has 0 amide bonds. The molecule has 0 aromatic carbocycles. The van der Waals surface area contributed by atoms with E-state index < -0.39 is 23.2 Å². The van der Waals surface area contributed by atoms with E-state index in [-0.39, 0.29) is 13.3 Å². The molecule has 1 aliphatic carbocycles. The summed E-state index contributed by atoms with van der Waals surface area (Å²) in [6.45, 7) is 1.44. The molecule has 0 saturated heterocycles. The summed E-state index contributed by atoms with van der Waals surface area (Å²) >= 11 is 0. The van der Waals surface area contributed by atoms with Gasteiger partial charge in [0.2, 0.25) is 0 Å². The van der Waals surface area contributed by atoms with E-state index in [0.717, 1.165) is 0 Å². The predicted molar refractivity (Wildman–Crippen MR) is 54.0 cm³/mol. The highest BCUT2D eigenvalue weighted by atomic mass is 16.5. The Kier molecular flexibility index (Phi) is 2.41. The SMILES string of the molecule is [2H]CC1=CC(C(=O)OC)(C(=O)OC)CC1([2H])C. The van der Waals surface area contributed by atoms with E-state index in [0.29, 0.717) is 5.57 Å². The summed E-state index contributed by atoms with van der Waals surface area (Å²) in [5.41, 5.74) is -1.15. The fourth-order valence-electron chi connectivity index (χ4n) is 1.71. The van der Waals surface area contributed by atoms with E-state index in [1.807, 2.05) is 0 Å². The van der Waals surface area contributed by atoms with E-state index in [1.54, 1.807) is 6.92 Å². The Balaban J connectivity index is 3.26. The number of hydrogen-bond acceptors (Lipinski definition) is 4. The van der Waals surface area contributed by atoms with E-state index in [9.17, 15) is 9.59 Å². The first-order chi connectivity index (χ1) is 7.84. The Bertz CT molecular complexity index is 358. The molecule has 84 valence electrons. The minimum Gasteiger partial charge on any atom is -0.468 e. The standard InChI is InChI=1S/C11H16O4/c1-7-5-11(6-8(7)2,9(12)14-3)10(13)15-4/h5,8H,6H2,1-4H3/i1D,8D. The molecule has 4 nitrogen and oxygen atoms in total. The lowest BCUT2D eigenvalue weighted by Crippen LogP contribution is -2.38. The molecule has 0 aromatic rings. The molecule has 15 heavy (non-hydrogen) atoms. The molecule has 1 rings (SSSR count). The number of esters is 2. The number of allylic oxidation sites excluding steroid dienone is 1. The Morgan fingerprint density at radius 2 is 2.07 bits per heavy atom. The van der Waals surface area contributed by atoms with E-state index in [2.05, 4.69) is 9.47 Å². The highest BCUT2D eigenvalue weighted by Crippen LogP contribution is 2.41. The maximum atomic E-state index is 11.8. The van der Waals surface area contributed by atoms with Gasteiger partial charge in [0.1, 0.15) is 0 Å². The summed E-state index contributed by atoms with van der Waals surface area (Å²) in [5, 5.41) is 0. The van der Waals surface area contributed by atoms with Crippen LogP contribution in [0, 0.1) is 11.3 Å². The second kappa shape index (κ2) is 4.04. The van der Waals surface area contributed by atoms with Crippen LogP contribution in [0.25, 0.3) is 0 Å². The Morgan fingerprint density at radius 3 is 2.40 bits per heavy atom. The molecule has 0 aliphatic heterocycles. The Morgan fingerprint density at radius 1 is 1.53 bits per heavy atom. The zero-order valence-corrected chi connectivity index (χ0v) is 9.12. The van der Waals surface area contributed by atoms with Gasteiger partial charge in [-0.1, -0.05) is 18.6 Å². The molecular weight excluding hydrogens is 196 g/mol. The molecule has 0 saturated carbocycles. The second-order valence-electron chi connectivity index (χ2n) is 3.58. The summed E-state index contributed by atoms with van der Waals surface area (Å²) in [7, 11) is 2.36. The number of ether oxygens (including phenoxy) is 2. The number of rotatable bonds is 2. The predicted octanol–water partition coefficient (Wildman–Crippen LogP) is 1.30. The molecule has 0 aromatic heterocycles. The quantitative estimate of drug-likeness (QED) is 0.395. The summed E-state index contributed by atoms with van der Waals surface area (Å²) in [5.74, 6) is -2.61. The lowest BCUT2D eigenvalue weighted by molar-refractivity contribution is -0.165.